The Kier molecular flexibility index (Phi) is 6.04. The fourth-order valence-electron chi connectivity index (χ4n) is 2.65. The molecule has 7 heteroatoms. The first-order valence-electron chi connectivity index (χ1n) is 8.51. The monoisotopic (exact) mass is 406 g/mol. The van der Waals surface area contributed by atoms with Gasteiger partial charge in [-0.25, -0.2) is 0 Å². The van der Waals surface area contributed by atoms with Gasteiger partial charge in [-0.3, -0.25) is 4.79 Å². The van der Waals surface area contributed by atoms with Crippen molar-refractivity contribution in [3.05, 3.63) is 76.7 Å². The maximum Gasteiger partial charge on any atom is 0.416 e. The summed E-state index contributed by atoms with van der Waals surface area (Å²) in [6.07, 6.45) is -3.81. The molecule has 0 fully saturated rings. The van der Waals surface area contributed by atoms with E-state index in [9.17, 15) is 18.0 Å². The van der Waals surface area contributed by atoms with Gasteiger partial charge in [-0.2, -0.15) is 13.2 Å². The van der Waals surface area contributed by atoms with Crippen LogP contribution < -0.4 is 4.74 Å². The molecule has 3 nitrogen and oxygen atoms in total. The largest absolute Gasteiger partial charge is 0.481 e. The number of rotatable bonds is 7. The van der Waals surface area contributed by atoms with Gasteiger partial charge in [-0.05, 0) is 53.4 Å². The highest BCUT2D eigenvalue weighted by Crippen LogP contribution is 2.31. The molecular weight excluding hydrogens is 389 g/mol. The van der Waals surface area contributed by atoms with Gasteiger partial charge in [0.15, 0.2) is 5.06 Å². The van der Waals surface area contributed by atoms with Crippen molar-refractivity contribution in [2.45, 2.75) is 25.6 Å². The third-order valence-electron chi connectivity index (χ3n) is 4.08. The second-order valence-corrected chi connectivity index (χ2v) is 7.31. The lowest BCUT2D eigenvalue weighted by atomic mass is 10.0. The Labute approximate surface area is 164 Å². The van der Waals surface area contributed by atoms with Crippen molar-refractivity contribution in [3.8, 4) is 16.2 Å². The maximum atomic E-state index is 12.7. The zero-order valence-electron chi connectivity index (χ0n) is 14.7. The molecule has 0 aliphatic rings. The lowest BCUT2D eigenvalue weighted by molar-refractivity contribution is -0.138. The summed E-state index contributed by atoms with van der Waals surface area (Å²) < 4.78 is 43.8. The molecule has 0 saturated carbocycles. The number of benzene rings is 2. The van der Waals surface area contributed by atoms with Gasteiger partial charge < -0.3 is 9.84 Å². The van der Waals surface area contributed by atoms with Crippen LogP contribution in [0.5, 0.6) is 5.06 Å². The van der Waals surface area contributed by atoms with E-state index >= 15 is 0 Å². The average molecular weight is 406 g/mol. The number of hydrogen-bond acceptors (Lipinski definition) is 3. The van der Waals surface area contributed by atoms with E-state index in [4.69, 9.17) is 9.84 Å². The van der Waals surface area contributed by atoms with Crippen molar-refractivity contribution in [3.63, 3.8) is 0 Å². The third-order valence-corrected chi connectivity index (χ3v) is 5.13. The number of carboxylic acids is 1. The molecule has 0 atom stereocenters. The highest BCUT2D eigenvalue weighted by atomic mass is 32.1. The number of aliphatic carboxylic acids is 1. The minimum atomic E-state index is -4.35. The van der Waals surface area contributed by atoms with Crippen LogP contribution in [0, 0.1) is 0 Å². The van der Waals surface area contributed by atoms with Gasteiger partial charge in [0, 0.05) is 4.88 Å². The molecule has 0 unspecified atom stereocenters. The normalized spacial score (nSPS) is 11.4. The summed E-state index contributed by atoms with van der Waals surface area (Å²) in [5.41, 5.74) is 1.72. The second kappa shape index (κ2) is 8.48. The van der Waals surface area contributed by atoms with Crippen LogP contribution in [-0.2, 0) is 24.0 Å². The van der Waals surface area contributed by atoms with E-state index in [2.05, 4.69) is 0 Å². The molecule has 146 valence electrons. The Balaban J connectivity index is 1.64. The second-order valence-electron chi connectivity index (χ2n) is 6.18. The molecule has 1 aromatic heterocycles. The Morgan fingerprint density at radius 3 is 2.43 bits per heavy atom. The number of carbonyl (C=O) groups is 1. The minimum absolute atomic E-state index is 0.0785. The van der Waals surface area contributed by atoms with E-state index in [1.165, 1.54) is 23.5 Å². The first-order chi connectivity index (χ1) is 13.3. The van der Waals surface area contributed by atoms with Gasteiger partial charge in [-0.15, -0.1) is 11.3 Å². The van der Waals surface area contributed by atoms with Crippen LogP contribution >= 0.6 is 11.3 Å². The van der Waals surface area contributed by atoms with Crippen LogP contribution in [0.25, 0.3) is 11.1 Å². The van der Waals surface area contributed by atoms with Crippen LogP contribution in [-0.4, -0.2) is 11.1 Å². The third kappa shape index (κ3) is 5.36. The lowest BCUT2D eigenvalue weighted by Gasteiger charge is -2.09. The zero-order chi connectivity index (χ0) is 20.1. The number of alkyl halides is 3. The molecule has 0 aliphatic heterocycles. The summed E-state index contributed by atoms with van der Waals surface area (Å²) in [6.45, 7) is 0.313. The smallest absolute Gasteiger partial charge is 0.416 e. The molecule has 28 heavy (non-hydrogen) atoms. The fourth-order valence-corrected chi connectivity index (χ4v) is 3.50. The summed E-state index contributed by atoms with van der Waals surface area (Å²) in [6, 6.07) is 16.1. The van der Waals surface area contributed by atoms with E-state index in [1.807, 2.05) is 36.4 Å². The zero-order valence-corrected chi connectivity index (χ0v) is 15.5. The van der Waals surface area contributed by atoms with Gasteiger partial charge in [0.05, 0.1) is 12.0 Å². The number of thiophene rings is 1. The quantitative estimate of drug-likeness (QED) is 0.521. The topological polar surface area (TPSA) is 46.5 Å². The lowest BCUT2D eigenvalue weighted by Crippen LogP contribution is -2.04. The number of carboxylic acid groups (broad SMARTS) is 1. The van der Waals surface area contributed by atoms with Crippen molar-refractivity contribution in [1.82, 2.24) is 0 Å². The average Bonchev–Trinajstić information content (AvgIpc) is 3.12. The van der Waals surface area contributed by atoms with Crippen molar-refractivity contribution < 1.29 is 27.8 Å². The van der Waals surface area contributed by atoms with Crippen LogP contribution in [0.1, 0.15) is 22.4 Å². The SMILES string of the molecule is O=C(O)CCc1ccc(OCc2cccc(-c3ccc(C(F)(F)F)cc3)c2)s1. The first kappa shape index (κ1) is 19.9. The van der Waals surface area contributed by atoms with Gasteiger partial charge in [-0.1, -0.05) is 30.3 Å². The summed E-state index contributed by atoms with van der Waals surface area (Å²) in [4.78, 5) is 11.6. The molecule has 0 radical (unpaired) electrons. The van der Waals surface area contributed by atoms with E-state index in [0.29, 0.717) is 23.7 Å². The standard InChI is InChI=1S/C21H17F3O3S/c22-21(23,24)17-6-4-15(5-7-17)16-3-1-2-14(12-16)13-27-20-11-9-18(28-20)8-10-19(25)26/h1-7,9,11-12H,8,10,13H2,(H,25,26). The van der Waals surface area contributed by atoms with Crippen molar-refractivity contribution in [1.29, 1.82) is 0 Å². The molecule has 0 saturated heterocycles. The molecule has 0 aliphatic carbocycles. The predicted octanol–water partition coefficient (Wildman–Crippen LogP) is 6.03. The summed E-state index contributed by atoms with van der Waals surface area (Å²) in [7, 11) is 0. The van der Waals surface area contributed by atoms with Crippen LogP contribution in [0.4, 0.5) is 13.2 Å². The Morgan fingerprint density at radius 1 is 1.00 bits per heavy atom. The molecule has 0 bridgehead atoms. The van der Waals surface area contributed by atoms with Gasteiger partial charge >= 0.3 is 12.1 Å². The number of hydrogen-bond donors (Lipinski definition) is 1. The molecule has 3 rings (SSSR count). The van der Waals surface area contributed by atoms with E-state index in [1.54, 1.807) is 0 Å². The molecular formula is C21H17F3O3S. The van der Waals surface area contributed by atoms with Crippen molar-refractivity contribution in [2.75, 3.05) is 0 Å². The molecule has 0 amide bonds. The summed E-state index contributed by atoms with van der Waals surface area (Å²) in [5, 5.41) is 9.42. The molecule has 0 spiro atoms. The number of ether oxygens (including phenoxy) is 1. The predicted molar refractivity (Wildman–Crippen MR) is 101 cm³/mol. The van der Waals surface area contributed by atoms with E-state index < -0.39 is 17.7 Å². The van der Waals surface area contributed by atoms with Crippen molar-refractivity contribution >= 4 is 17.3 Å². The molecule has 3 aromatic rings. The fraction of sp³-hybridized carbons (Fsp3) is 0.190. The molecule has 1 N–H and O–H groups in total. The van der Waals surface area contributed by atoms with Crippen molar-refractivity contribution in [2.24, 2.45) is 0 Å². The van der Waals surface area contributed by atoms with E-state index in [0.717, 1.165) is 28.1 Å². The highest BCUT2D eigenvalue weighted by Gasteiger charge is 2.29. The van der Waals surface area contributed by atoms with E-state index in [-0.39, 0.29) is 6.42 Å². The maximum absolute atomic E-state index is 12.7. The van der Waals surface area contributed by atoms with Crippen LogP contribution in [0.3, 0.4) is 0 Å². The van der Waals surface area contributed by atoms with Crippen LogP contribution in [0.2, 0.25) is 0 Å². The van der Waals surface area contributed by atoms with Gasteiger partial charge in [0.1, 0.15) is 6.61 Å². The van der Waals surface area contributed by atoms with Gasteiger partial charge in [0.25, 0.3) is 0 Å². The van der Waals surface area contributed by atoms with Gasteiger partial charge in [0.2, 0.25) is 0 Å². The number of halogens is 3. The first-order valence-corrected chi connectivity index (χ1v) is 9.33. The van der Waals surface area contributed by atoms with Crippen LogP contribution in [0.15, 0.2) is 60.7 Å². The Morgan fingerprint density at radius 2 is 1.75 bits per heavy atom. The summed E-state index contributed by atoms with van der Waals surface area (Å²) >= 11 is 1.41. The Bertz CT molecular complexity index is 946. The number of aryl methyl sites for hydroxylation is 1. The molecule has 2 aromatic carbocycles. The molecule has 1 heterocycles. The minimum Gasteiger partial charge on any atom is -0.481 e. The summed E-state index contributed by atoms with van der Waals surface area (Å²) in [5.74, 6) is -0.837. The Hall–Kier alpha value is -2.80. The highest BCUT2D eigenvalue weighted by molar-refractivity contribution is 7.13.